The van der Waals surface area contributed by atoms with Gasteiger partial charge in [0.25, 0.3) is 11.8 Å². The zero-order valence-electron chi connectivity index (χ0n) is 14.3. The molecule has 3 nitrogen and oxygen atoms in total. The first-order chi connectivity index (χ1) is 12.4. The molecular formula is C20H17F2NO2S. The van der Waals surface area contributed by atoms with E-state index in [0.717, 1.165) is 4.90 Å². The van der Waals surface area contributed by atoms with Crippen LogP contribution >= 0.6 is 11.8 Å². The third-order valence-corrected chi connectivity index (χ3v) is 4.95. The highest BCUT2D eigenvalue weighted by Gasteiger charge is 2.39. The van der Waals surface area contributed by atoms with Gasteiger partial charge in [-0.25, -0.2) is 8.78 Å². The number of nitrogens with zero attached hydrogens (tertiary/aromatic N) is 1. The van der Waals surface area contributed by atoms with E-state index in [0.29, 0.717) is 16.0 Å². The van der Waals surface area contributed by atoms with Crippen molar-refractivity contribution in [2.45, 2.75) is 25.6 Å². The second-order valence-corrected chi connectivity index (χ2v) is 7.79. The minimum Gasteiger partial charge on any atom is -0.269 e. The maximum absolute atomic E-state index is 13.2. The van der Waals surface area contributed by atoms with Crippen LogP contribution in [0.3, 0.4) is 0 Å². The molecule has 0 aromatic heterocycles. The van der Waals surface area contributed by atoms with Crippen LogP contribution in [0.1, 0.15) is 25.0 Å². The van der Waals surface area contributed by atoms with Gasteiger partial charge in [0, 0.05) is 5.25 Å². The third kappa shape index (κ3) is 3.70. The van der Waals surface area contributed by atoms with Gasteiger partial charge in [-0.1, -0.05) is 38.1 Å². The predicted octanol–water partition coefficient (Wildman–Crippen LogP) is 4.39. The molecule has 2 aromatic rings. The SMILES string of the molecule is CC(C)SC1=C(c2ccc(F)cc2)C(=O)N(Cc2ccc(F)cc2)C1=O. The predicted molar refractivity (Wildman–Crippen MR) is 98.0 cm³/mol. The summed E-state index contributed by atoms with van der Waals surface area (Å²) in [4.78, 5) is 27.3. The van der Waals surface area contributed by atoms with Crippen LogP contribution in [-0.2, 0) is 16.1 Å². The monoisotopic (exact) mass is 373 g/mol. The molecule has 0 fully saturated rings. The minimum absolute atomic E-state index is 0.0603. The molecule has 0 atom stereocenters. The van der Waals surface area contributed by atoms with Crippen LogP contribution in [0.5, 0.6) is 0 Å². The van der Waals surface area contributed by atoms with Gasteiger partial charge >= 0.3 is 0 Å². The number of halogens is 2. The Morgan fingerprint density at radius 2 is 1.42 bits per heavy atom. The summed E-state index contributed by atoms with van der Waals surface area (Å²) >= 11 is 1.31. The van der Waals surface area contributed by atoms with E-state index in [4.69, 9.17) is 0 Å². The van der Waals surface area contributed by atoms with E-state index in [1.54, 1.807) is 12.1 Å². The lowest BCUT2D eigenvalue weighted by atomic mass is 10.1. The molecule has 26 heavy (non-hydrogen) atoms. The smallest absolute Gasteiger partial charge is 0.268 e. The molecule has 134 valence electrons. The molecule has 0 unspecified atom stereocenters. The van der Waals surface area contributed by atoms with Crippen LogP contribution in [0.25, 0.3) is 5.57 Å². The van der Waals surface area contributed by atoms with Crippen molar-refractivity contribution < 1.29 is 18.4 Å². The number of thioether (sulfide) groups is 1. The highest BCUT2D eigenvalue weighted by molar-refractivity contribution is 8.04. The Labute approximate surface area is 154 Å². The van der Waals surface area contributed by atoms with Crippen molar-refractivity contribution in [3.8, 4) is 0 Å². The first kappa shape index (κ1) is 18.3. The largest absolute Gasteiger partial charge is 0.269 e. The average molecular weight is 373 g/mol. The van der Waals surface area contributed by atoms with E-state index >= 15 is 0 Å². The molecule has 0 radical (unpaired) electrons. The number of hydrogen-bond donors (Lipinski definition) is 0. The third-order valence-electron chi connectivity index (χ3n) is 3.87. The fourth-order valence-electron chi connectivity index (χ4n) is 2.69. The highest BCUT2D eigenvalue weighted by Crippen LogP contribution is 2.38. The summed E-state index contributed by atoms with van der Waals surface area (Å²) in [6.45, 7) is 3.92. The first-order valence-electron chi connectivity index (χ1n) is 8.14. The molecular weight excluding hydrogens is 356 g/mol. The molecule has 1 aliphatic heterocycles. The Bertz CT molecular complexity index is 874. The number of amides is 2. The lowest BCUT2D eigenvalue weighted by molar-refractivity contribution is -0.137. The van der Waals surface area contributed by atoms with E-state index in [1.165, 1.54) is 48.2 Å². The van der Waals surface area contributed by atoms with Gasteiger partial charge in [0.15, 0.2) is 0 Å². The van der Waals surface area contributed by atoms with Gasteiger partial charge < -0.3 is 0 Å². The Morgan fingerprint density at radius 1 is 0.885 bits per heavy atom. The van der Waals surface area contributed by atoms with E-state index in [-0.39, 0.29) is 29.1 Å². The summed E-state index contributed by atoms with van der Waals surface area (Å²) < 4.78 is 26.3. The second-order valence-electron chi connectivity index (χ2n) is 6.20. The summed E-state index contributed by atoms with van der Waals surface area (Å²) in [7, 11) is 0. The fraction of sp³-hybridized carbons (Fsp3) is 0.200. The van der Waals surface area contributed by atoms with Gasteiger partial charge in [0.05, 0.1) is 17.0 Å². The number of rotatable bonds is 5. The van der Waals surface area contributed by atoms with Gasteiger partial charge in [-0.2, -0.15) is 0 Å². The van der Waals surface area contributed by atoms with Gasteiger partial charge in [-0.3, -0.25) is 14.5 Å². The highest BCUT2D eigenvalue weighted by atomic mass is 32.2. The summed E-state index contributed by atoms with van der Waals surface area (Å²) in [5, 5.41) is 0.1000. The van der Waals surface area contributed by atoms with Crippen LogP contribution < -0.4 is 0 Å². The molecule has 0 N–H and O–H groups in total. The van der Waals surface area contributed by atoms with Crippen molar-refractivity contribution in [2.24, 2.45) is 0 Å². The standard InChI is InChI=1S/C20H17F2NO2S/c1-12(2)26-18-17(14-5-9-16(22)10-6-14)19(24)23(20(18)25)11-13-3-7-15(21)8-4-13/h3-10,12H,11H2,1-2H3. The van der Waals surface area contributed by atoms with Crippen LogP contribution in [0.2, 0.25) is 0 Å². The quantitative estimate of drug-likeness (QED) is 0.730. The van der Waals surface area contributed by atoms with Crippen molar-refractivity contribution in [3.05, 3.63) is 76.2 Å². The van der Waals surface area contributed by atoms with Gasteiger partial charge in [0.2, 0.25) is 0 Å². The number of carbonyl (C=O) groups is 2. The van der Waals surface area contributed by atoms with E-state index < -0.39 is 11.7 Å². The molecule has 1 aliphatic rings. The molecule has 6 heteroatoms. The molecule has 0 saturated carbocycles. The van der Waals surface area contributed by atoms with Crippen LogP contribution in [0.4, 0.5) is 8.78 Å². The van der Waals surface area contributed by atoms with Gasteiger partial charge in [-0.15, -0.1) is 11.8 Å². The molecule has 0 spiro atoms. The Balaban J connectivity index is 1.97. The topological polar surface area (TPSA) is 37.4 Å². The second kappa shape index (κ2) is 7.41. The van der Waals surface area contributed by atoms with E-state index in [9.17, 15) is 18.4 Å². The van der Waals surface area contributed by atoms with E-state index in [2.05, 4.69) is 0 Å². The van der Waals surface area contributed by atoms with Crippen molar-refractivity contribution >= 4 is 29.1 Å². The molecule has 0 saturated heterocycles. The summed E-state index contributed by atoms with van der Waals surface area (Å²) in [6.07, 6.45) is 0. The zero-order chi connectivity index (χ0) is 18.8. The lowest BCUT2D eigenvalue weighted by Crippen LogP contribution is -2.31. The molecule has 3 rings (SSSR count). The maximum Gasteiger partial charge on any atom is 0.268 e. The number of benzene rings is 2. The Kier molecular flexibility index (Phi) is 5.23. The van der Waals surface area contributed by atoms with Crippen molar-refractivity contribution in [3.63, 3.8) is 0 Å². The maximum atomic E-state index is 13.2. The number of hydrogen-bond acceptors (Lipinski definition) is 3. The number of imide groups is 1. The summed E-state index contributed by atoms with van der Waals surface area (Å²) in [5.41, 5.74) is 1.45. The van der Waals surface area contributed by atoms with Crippen LogP contribution in [-0.4, -0.2) is 22.0 Å². The molecule has 0 aliphatic carbocycles. The van der Waals surface area contributed by atoms with Crippen molar-refractivity contribution in [1.82, 2.24) is 4.90 Å². The molecule has 2 amide bonds. The molecule has 0 bridgehead atoms. The molecule has 1 heterocycles. The van der Waals surface area contributed by atoms with Gasteiger partial charge in [-0.05, 0) is 35.4 Å². The fourth-order valence-corrected chi connectivity index (χ4v) is 3.69. The van der Waals surface area contributed by atoms with E-state index in [1.807, 2.05) is 13.8 Å². The first-order valence-corrected chi connectivity index (χ1v) is 9.02. The van der Waals surface area contributed by atoms with Crippen molar-refractivity contribution in [2.75, 3.05) is 0 Å². The summed E-state index contributed by atoms with van der Waals surface area (Å²) in [5.74, 6) is -1.59. The average Bonchev–Trinajstić information content (AvgIpc) is 2.82. The Hall–Kier alpha value is -2.47. The van der Waals surface area contributed by atoms with Crippen LogP contribution in [0, 0.1) is 11.6 Å². The van der Waals surface area contributed by atoms with Gasteiger partial charge in [0.1, 0.15) is 11.6 Å². The Morgan fingerprint density at radius 3 is 1.96 bits per heavy atom. The summed E-state index contributed by atoms with van der Waals surface area (Å²) in [6, 6.07) is 11.2. The van der Waals surface area contributed by atoms with Crippen LogP contribution in [0.15, 0.2) is 53.4 Å². The van der Waals surface area contributed by atoms with Crippen molar-refractivity contribution in [1.29, 1.82) is 0 Å². The lowest BCUT2D eigenvalue weighted by Gasteiger charge is -2.15. The normalized spacial score (nSPS) is 14.7. The molecule has 2 aromatic carbocycles. The minimum atomic E-state index is -0.422. The number of carbonyl (C=O) groups excluding carboxylic acids is 2. The zero-order valence-corrected chi connectivity index (χ0v) is 15.1.